The summed E-state index contributed by atoms with van der Waals surface area (Å²) >= 11 is 0. The Hall–Kier alpha value is -0.650. The second-order valence-electron chi connectivity index (χ2n) is 6.49. The summed E-state index contributed by atoms with van der Waals surface area (Å²) in [5.41, 5.74) is 0. The van der Waals surface area contributed by atoms with Crippen LogP contribution in [0.3, 0.4) is 0 Å². The summed E-state index contributed by atoms with van der Waals surface area (Å²) in [5.74, 6) is 1.03. The largest absolute Gasteiger partial charge is 0.353 e. The molecular formula is C15H30N4O. The lowest BCUT2D eigenvalue weighted by molar-refractivity contribution is -0.123. The van der Waals surface area contributed by atoms with Gasteiger partial charge < -0.3 is 15.5 Å². The normalized spacial score (nSPS) is 23.1. The first-order valence-corrected chi connectivity index (χ1v) is 8.08. The van der Waals surface area contributed by atoms with Crippen LogP contribution in [-0.2, 0) is 4.79 Å². The van der Waals surface area contributed by atoms with E-state index >= 15 is 0 Å². The van der Waals surface area contributed by atoms with Gasteiger partial charge in [0.2, 0.25) is 5.91 Å². The van der Waals surface area contributed by atoms with Crippen LogP contribution in [-0.4, -0.2) is 74.1 Å². The Bertz CT molecular complexity index is 294. The average Bonchev–Trinajstić information content (AvgIpc) is 2.41. The predicted molar refractivity (Wildman–Crippen MR) is 81.8 cm³/mol. The van der Waals surface area contributed by atoms with E-state index < -0.39 is 0 Å². The first-order valence-electron chi connectivity index (χ1n) is 8.08. The number of hydrogen-bond acceptors (Lipinski definition) is 4. The Balaban J connectivity index is 1.63. The van der Waals surface area contributed by atoms with Crippen molar-refractivity contribution in [2.45, 2.75) is 32.7 Å². The number of hydrogen-bond donors (Lipinski definition) is 2. The van der Waals surface area contributed by atoms with Crippen LogP contribution in [0.4, 0.5) is 0 Å². The van der Waals surface area contributed by atoms with Gasteiger partial charge >= 0.3 is 0 Å². The molecule has 2 aliphatic rings. The van der Waals surface area contributed by atoms with Gasteiger partial charge in [-0.05, 0) is 45.7 Å². The zero-order valence-electron chi connectivity index (χ0n) is 13.0. The lowest BCUT2D eigenvalue weighted by atomic mass is 9.97. The van der Waals surface area contributed by atoms with Crippen LogP contribution in [0.25, 0.3) is 0 Å². The van der Waals surface area contributed by atoms with Crippen molar-refractivity contribution in [3.63, 3.8) is 0 Å². The van der Waals surface area contributed by atoms with Gasteiger partial charge in [0.1, 0.15) is 0 Å². The Morgan fingerprint density at radius 1 is 1.15 bits per heavy atom. The Kier molecular flexibility index (Phi) is 6.26. The Labute approximate surface area is 123 Å². The van der Waals surface area contributed by atoms with Crippen molar-refractivity contribution in [2.75, 3.05) is 52.4 Å². The van der Waals surface area contributed by atoms with Crippen molar-refractivity contribution in [3.8, 4) is 0 Å². The monoisotopic (exact) mass is 282 g/mol. The molecule has 2 heterocycles. The first kappa shape index (κ1) is 15.7. The summed E-state index contributed by atoms with van der Waals surface area (Å²) in [6.45, 7) is 12.4. The fraction of sp³-hybridized carbons (Fsp3) is 0.933. The van der Waals surface area contributed by atoms with E-state index in [1.807, 2.05) is 13.8 Å². The van der Waals surface area contributed by atoms with Gasteiger partial charge in [0.25, 0.3) is 0 Å². The molecule has 20 heavy (non-hydrogen) atoms. The summed E-state index contributed by atoms with van der Waals surface area (Å²) in [6, 6.07) is 0.240. The maximum atomic E-state index is 11.7. The maximum absolute atomic E-state index is 11.7. The quantitative estimate of drug-likeness (QED) is 0.752. The van der Waals surface area contributed by atoms with Gasteiger partial charge in [0.05, 0.1) is 6.54 Å². The molecule has 0 aromatic heterocycles. The number of rotatable bonds is 5. The highest BCUT2D eigenvalue weighted by Gasteiger charge is 2.22. The molecule has 0 radical (unpaired) electrons. The molecule has 5 nitrogen and oxygen atoms in total. The van der Waals surface area contributed by atoms with Crippen molar-refractivity contribution in [2.24, 2.45) is 5.92 Å². The third kappa shape index (κ3) is 5.38. The zero-order chi connectivity index (χ0) is 14.4. The number of nitrogens with zero attached hydrogens (tertiary/aromatic N) is 2. The van der Waals surface area contributed by atoms with Gasteiger partial charge in [-0.15, -0.1) is 0 Å². The van der Waals surface area contributed by atoms with Gasteiger partial charge in [-0.1, -0.05) is 0 Å². The number of nitrogens with one attached hydrogen (secondary N) is 2. The second kappa shape index (κ2) is 7.96. The third-order valence-electron chi connectivity index (χ3n) is 4.26. The van der Waals surface area contributed by atoms with Crippen molar-refractivity contribution >= 4 is 5.91 Å². The molecule has 0 atom stereocenters. The molecule has 5 heteroatoms. The first-order chi connectivity index (χ1) is 9.63. The smallest absolute Gasteiger partial charge is 0.234 e. The van der Waals surface area contributed by atoms with E-state index in [1.54, 1.807) is 0 Å². The predicted octanol–water partition coefficient (Wildman–Crippen LogP) is 0.128. The molecule has 2 fully saturated rings. The maximum Gasteiger partial charge on any atom is 0.234 e. The zero-order valence-corrected chi connectivity index (χ0v) is 13.0. The van der Waals surface area contributed by atoms with Crippen molar-refractivity contribution in [1.29, 1.82) is 0 Å². The van der Waals surface area contributed by atoms with Crippen LogP contribution < -0.4 is 10.6 Å². The standard InChI is InChI=1S/C15H30N4O/c1-13(2)17-15(20)12-19-9-7-18(8-10-19)11-14-3-5-16-6-4-14/h13-14,16H,3-12H2,1-2H3,(H,17,20). The number of carbonyl (C=O) groups excluding carboxylic acids is 1. The van der Waals surface area contributed by atoms with Gasteiger partial charge in [-0.3, -0.25) is 9.69 Å². The number of carbonyl (C=O) groups is 1. The fourth-order valence-electron chi connectivity index (χ4n) is 3.13. The highest BCUT2D eigenvalue weighted by Crippen LogP contribution is 2.14. The number of amides is 1. The second-order valence-corrected chi connectivity index (χ2v) is 6.49. The van der Waals surface area contributed by atoms with Crippen LogP contribution in [0.15, 0.2) is 0 Å². The Morgan fingerprint density at radius 3 is 2.35 bits per heavy atom. The molecule has 0 aliphatic carbocycles. The van der Waals surface area contributed by atoms with E-state index in [4.69, 9.17) is 0 Å². The average molecular weight is 282 g/mol. The lowest BCUT2D eigenvalue weighted by Gasteiger charge is -2.37. The van der Waals surface area contributed by atoms with Crippen molar-refractivity contribution in [3.05, 3.63) is 0 Å². The van der Waals surface area contributed by atoms with Crippen molar-refractivity contribution in [1.82, 2.24) is 20.4 Å². The van der Waals surface area contributed by atoms with E-state index in [0.29, 0.717) is 6.54 Å². The molecule has 1 amide bonds. The van der Waals surface area contributed by atoms with Crippen molar-refractivity contribution < 1.29 is 4.79 Å². The summed E-state index contributed by atoms with van der Waals surface area (Å²) in [4.78, 5) is 16.6. The minimum Gasteiger partial charge on any atom is -0.353 e. The molecule has 116 valence electrons. The van der Waals surface area contributed by atoms with Crippen LogP contribution in [0, 0.1) is 5.92 Å². The van der Waals surface area contributed by atoms with Crippen LogP contribution in [0.5, 0.6) is 0 Å². The van der Waals surface area contributed by atoms with Crippen LogP contribution >= 0.6 is 0 Å². The highest BCUT2D eigenvalue weighted by atomic mass is 16.2. The molecule has 0 bridgehead atoms. The summed E-state index contributed by atoms with van der Waals surface area (Å²) in [5, 5.41) is 6.39. The van der Waals surface area contributed by atoms with Crippen LogP contribution in [0.1, 0.15) is 26.7 Å². The summed E-state index contributed by atoms with van der Waals surface area (Å²) < 4.78 is 0. The van der Waals surface area contributed by atoms with E-state index in [1.165, 1.54) is 32.5 Å². The van der Waals surface area contributed by atoms with E-state index in [9.17, 15) is 4.79 Å². The summed E-state index contributed by atoms with van der Waals surface area (Å²) in [6.07, 6.45) is 2.63. The molecule has 0 aromatic rings. The highest BCUT2D eigenvalue weighted by molar-refractivity contribution is 5.78. The molecule has 0 aromatic carbocycles. The van der Waals surface area contributed by atoms with Crippen LogP contribution in [0.2, 0.25) is 0 Å². The minimum atomic E-state index is 0.159. The lowest BCUT2D eigenvalue weighted by Crippen LogP contribution is -2.51. The molecule has 2 N–H and O–H groups in total. The van der Waals surface area contributed by atoms with Gasteiger partial charge in [0, 0.05) is 38.8 Å². The van der Waals surface area contributed by atoms with E-state index in [2.05, 4.69) is 20.4 Å². The molecular weight excluding hydrogens is 252 g/mol. The topological polar surface area (TPSA) is 47.6 Å². The summed E-state index contributed by atoms with van der Waals surface area (Å²) in [7, 11) is 0. The SMILES string of the molecule is CC(C)NC(=O)CN1CCN(CC2CCNCC2)CC1. The molecule has 2 saturated heterocycles. The van der Waals surface area contributed by atoms with Gasteiger partial charge in [-0.25, -0.2) is 0 Å². The Morgan fingerprint density at radius 2 is 1.75 bits per heavy atom. The molecule has 0 spiro atoms. The molecule has 0 unspecified atom stereocenters. The molecule has 2 aliphatic heterocycles. The van der Waals surface area contributed by atoms with E-state index in [-0.39, 0.29) is 11.9 Å². The number of piperidine rings is 1. The third-order valence-corrected chi connectivity index (χ3v) is 4.26. The van der Waals surface area contributed by atoms with Gasteiger partial charge in [-0.2, -0.15) is 0 Å². The molecule has 0 saturated carbocycles. The van der Waals surface area contributed by atoms with E-state index in [0.717, 1.165) is 32.1 Å². The van der Waals surface area contributed by atoms with Gasteiger partial charge in [0.15, 0.2) is 0 Å². The molecule has 2 rings (SSSR count). The minimum absolute atomic E-state index is 0.159. The number of piperazine rings is 1. The fourth-order valence-corrected chi connectivity index (χ4v) is 3.13.